The Labute approximate surface area is 177 Å². The van der Waals surface area contributed by atoms with E-state index in [9.17, 15) is 13.2 Å². The molecule has 3 aliphatic rings. The Morgan fingerprint density at radius 2 is 1.65 bits per heavy atom. The zero-order valence-corrected chi connectivity index (χ0v) is 16.7. The van der Waals surface area contributed by atoms with E-state index >= 15 is 0 Å². The number of carboxylic acids is 1. The molecule has 0 radical (unpaired) electrons. The van der Waals surface area contributed by atoms with Gasteiger partial charge in [0.2, 0.25) is 5.95 Å². The summed E-state index contributed by atoms with van der Waals surface area (Å²) in [6, 6.07) is 11.4. The molecular formula is C21H23F3N4O3. The van der Waals surface area contributed by atoms with Gasteiger partial charge in [0, 0.05) is 56.5 Å². The number of benzene rings is 1. The van der Waals surface area contributed by atoms with Gasteiger partial charge in [-0.1, -0.05) is 24.3 Å². The number of carbonyl (C=O) groups is 1. The second-order valence-corrected chi connectivity index (χ2v) is 7.75. The lowest BCUT2D eigenvalue weighted by molar-refractivity contribution is -0.192. The molecule has 2 aromatic rings. The monoisotopic (exact) mass is 436 g/mol. The second kappa shape index (κ2) is 8.80. The van der Waals surface area contributed by atoms with Crippen LogP contribution in [0.5, 0.6) is 0 Å². The molecule has 10 heteroatoms. The van der Waals surface area contributed by atoms with Gasteiger partial charge in [0.25, 0.3) is 0 Å². The minimum Gasteiger partial charge on any atom is -0.475 e. The van der Waals surface area contributed by atoms with E-state index in [0.717, 1.165) is 45.3 Å². The normalized spacial score (nSPS) is 25.4. The van der Waals surface area contributed by atoms with Crippen LogP contribution in [-0.4, -0.2) is 71.5 Å². The smallest absolute Gasteiger partial charge is 0.475 e. The molecule has 2 fully saturated rings. The summed E-state index contributed by atoms with van der Waals surface area (Å²) < 4.78 is 37.3. The topological polar surface area (TPSA) is 78.8 Å². The fourth-order valence-electron chi connectivity index (χ4n) is 4.77. The highest BCUT2D eigenvalue weighted by Gasteiger charge is 2.48. The van der Waals surface area contributed by atoms with Crippen LogP contribution in [0.3, 0.4) is 0 Å². The first-order valence-corrected chi connectivity index (χ1v) is 10.1. The predicted molar refractivity (Wildman–Crippen MR) is 106 cm³/mol. The molecule has 3 heterocycles. The van der Waals surface area contributed by atoms with E-state index in [-0.39, 0.29) is 0 Å². The van der Waals surface area contributed by atoms with Crippen molar-refractivity contribution in [1.29, 1.82) is 0 Å². The lowest BCUT2D eigenvalue weighted by Crippen LogP contribution is -2.41. The molecule has 1 aromatic carbocycles. The molecule has 1 N–H and O–H groups in total. The van der Waals surface area contributed by atoms with Crippen molar-refractivity contribution in [1.82, 2.24) is 14.9 Å². The van der Waals surface area contributed by atoms with Crippen molar-refractivity contribution >= 4 is 11.9 Å². The van der Waals surface area contributed by atoms with Gasteiger partial charge >= 0.3 is 12.1 Å². The predicted octanol–water partition coefficient (Wildman–Crippen LogP) is 2.72. The number of halogens is 3. The number of hydrogen-bond donors (Lipinski definition) is 1. The molecular weight excluding hydrogens is 413 g/mol. The second-order valence-electron chi connectivity index (χ2n) is 7.75. The van der Waals surface area contributed by atoms with Crippen LogP contribution in [0.15, 0.2) is 42.7 Å². The first kappa shape index (κ1) is 21.5. The molecule has 3 atom stereocenters. The van der Waals surface area contributed by atoms with Crippen LogP contribution in [0, 0.1) is 5.92 Å². The highest BCUT2D eigenvalue weighted by molar-refractivity contribution is 5.73. The van der Waals surface area contributed by atoms with Crippen molar-refractivity contribution in [2.24, 2.45) is 5.92 Å². The molecule has 5 rings (SSSR count). The zero-order chi connectivity index (χ0) is 22.0. The van der Waals surface area contributed by atoms with Gasteiger partial charge in [0.1, 0.15) is 0 Å². The number of rotatable bonds is 2. The van der Waals surface area contributed by atoms with Gasteiger partial charge in [-0.15, -0.1) is 0 Å². The van der Waals surface area contributed by atoms with Crippen LogP contribution in [0.1, 0.15) is 23.1 Å². The van der Waals surface area contributed by atoms with Crippen LogP contribution in [-0.2, 0) is 9.53 Å². The van der Waals surface area contributed by atoms with Crippen molar-refractivity contribution in [2.45, 2.75) is 18.1 Å². The Morgan fingerprint density at radius 1 is 1.03 bits per heavy atom. The van der Waals surface area contributed by atoms with E-state index in [1.165, 1.54) is 11.1 Å². The zero-order valence-electron chi connectivity index (χ0n) is 16.7. The Bertz CT molecular complexity index is 906. The van der Waals surface area contributed by atoms with Crippen LogP contribution >= 0.6 is 0 Å². The van der Waals surface area contributed by atoms with Gasteiger partial charge in [-0.3, -0.25) is 4.90 Å². The largest absolute Gasteiger partial charge is 0.490 e. The van der Waals surface area contributed by atoms with Crippen molar-refractivity contribution in [3.05, 3.63) is 53.9 Å². The Morgan fingerprint density at radius 3 is 2.26 bits per heavy atom. The average Bonchev–Trinajstić information content (AvgIpc) is 3.32. The van der Waals surface area contributed by atoms with Gasteiger partial charge in [-0.2, -0.15) is 13.2 Å². The number of alkyl halides is 3. The lowest BCUT2D eigenvalue weighted by Gasteiger charge is -2.36. The van der Waals surface area contributed by atoms with Gasteiger partial charge in [0.15, 0.2) is 0 Å². The van der Waals surface area contributed by atoms with Crippen LogP contribution < -0.4 is 4.90 Å². The van der Waals surface area contributed by atoms with E-state index in [1.54, 1.807) is 0 Å². The fraction of sp³-hybridized carbons (Fsp3) is 0.476. The maximum atomic E-state index is 10.6. The molecule has 166 valence electrons. The highest BCUT2D eigenvalue weighted by atomic mass is 19.4. The van der Waals surface area contributed by atoms with Gasteiger partial charge in [-0.05, 0) is 17.2 Å². The average molecular weight is 436 g/mol. The maximum absolute atomic E-state index is 10.6. The number of morpholine rings is 1. The summed E-state index contributed by atoms with van der Waals surface area (Å²) in [5.74, 6) is -0.695. The number of nitrogens with zero attached hydrogens (tertiary/aromatic N) is 4. The van der Waals surface area contributed by atoms with Crippen molar-refractivity contribution in [2.75, 3.05) is 44.3 Å². The third kappa shape index (κ3) is 4.49. The molecule has 31 heavy (non-hydrogen) atoms. The number of aromatic nitrogens is 2. The van der Waals surface area contributed by atoms with E-state index < -0.39 is 12.1 Å². The van der Waals surface area contributed by atoms with Crippen molar-refractivity contribution < 1.29 is 27.8 Å². The third-order valence-corrected chi connectivity index (χ3v) is 6.00. The fourth-order valence-corrected chi connectivity index (χ4v) is 4.77. The number of aliphatic carboxylic acids is 1. The summed E-state index contributed by atoms with van der Waals surface area (Å²) in [5.41, 5.74) is 3.06. The summed E-state index contributed by atoms with van der Waals surface area (Å²) in [5, 5.41) is 7.12. The first-order valence-electron chi connectivity index (χ1n) is 10.1. The number of fused-ring (bicyclic) bond motifs is 3. The number of hydrogen-bond acceptors (Lipinski definition) is 6. The number of carboxylic acid groups (broad SMARTS) is 1. The molecule has 2 aliphatic heterocycles. The van der Waals surface area contributed by atoms with Crippen molar-refractivity contribution in [3.8, 4) is 0 Å². The van der Waals surface area contributed by atoms with Gasteiger partial charge in [-0.25, -0.2) is 14.8 Å². The van der Waals surface area contributed by atoms with E-state index in [2.05, 4.69) is 44.0 Å². The van der Waals surface area contributed by atoms with Crippen molar-refractivity contribution in [3.63, 3.8) is 0 Å². The van der Waals surface area contributed by atoms with E-state index in [4.69, 9.17) is 14.6 Å². The van der Waals surface area contributed by atoms with Crippen LogP contribution in [0.4, 0.5) is 19.1 Å². The molecule has 7 nitrogen and oxygen atoms in total. The quantitative estimate of drug-likeness (QED) is 0.776. The molecule has 1 aromatic heterocycles. The third-order valence-electron chi connectivity index (χ3n) is 6.00. The molecule has 0 bridgehead atoms. The number of ether oxygens (including phenoxy) is 1. The standard InChI is InChI=1S/C19H22N4O.C2HF3O2/c1-2-5-15-14(4-1)16-12-23(19-20-6-3-7-21-19)13-17(16)18(15)22-8-10-24-11-9-22;3-2(4,5)1(6)7/h1-7,16-18H,8-13H2;(H,6,7)/t16-,17-,18-;/m0./s1. The highest BCUT2D eigenvalue weighted by Crippen LogP contribution is 2.52. The Hall–Kier alpha value is -2.72. The lowest BCUT2D eigenvalue weighted by atomic mass is 9.93. The van der Waals surface area contributed by atoms with E-state index in [1.807, 2.05) is 18.5 Å². The summed E-state index contributed by atoms with van der Waals surface area (Å²) in [6.07, 6.45) is -1.41. The molecule has 0 amide bonds. The Balaban J connectivity index is 0.000000289. The van der Waals surface area contributed by atoms with Gasteiger partial charge in [0.05, 0.1) is 13.2 Å². The molecule has 1 aliphatic carbocycles. The molecule has 0 unspecified atom stereocenters. The van der Waals surface area contributed by atoms with Crippen LogP contribution in [0.25, 0.3) is 0 Å². The number of anilines is 1. The molecule has 2 saturated heterocycles. The minimum atomic E-state index is -5.08. The minimum absolute atomic E-state index is 0.504. The summed E-state index contributed by atoms with van der Waals surface area (Å²) in [4.78, 5) is 22.8. The Kier molecular flexibility index (Phi) is 6.10. The summed E-state index contributed by atoms with van der Waals surface area (Å²) in [6.45, 7) is 5.81. The van der Waals surface area contributed by atoms with Crippen LogP contribution in [0.2, 0.25) is 0 Å². The summed E-state index contributed by atoms with van der Waals surface area (Å²) >= 11 is 0. The van der Waals surface area contributed by atoms with E-state index in [0.29, 0.717) is 17.9 Å². The summed E-state index contributed by atoms with van der Waals surface area (Å²) in [7, 11) is 0. The van der Waals surface area contributed by atoms with Gasteiger partial charge < -0.3 is 14.7 Å². The first-order chi connectivity index (χ1) is 14.9. The maximum Gasteiger partial charge on any atom is 0.490 e. The molecule has 0 spiro atoms. The molecule has 0 saturated carbocycles. The SMILES string of the molecule is O=C(O)C(F)(F)F.c1cnc(N2C[C@H]3[C@@H](C2)c2ccccc2[C@@H]3N2CCOCC2)nc1.